The topological polar surface area (TPSA) is 64.3 Å². The fourth-order valence-corrected chi connectivity index (χ4v) is 1.50. The molecule has 0 aromatic carbocycles. The van der Waals surface area contributed by atoms with E-state index in [4.69, 9.17) is 0 Å². The number of aromatic nitrogens is 2. The van der Waals surface area contributed by atoms with Gasteiger partial charge in [-0.3, -0.25) is 15.3 Å². The third-order valence-corrected chi connectivity index (χ3v) is 2.52. The van der Waals surface area contributed by atoms with E-state index < -0.39 is 0 Å². The van der Waals surface area contributed by atoms with Gasteiger partial charge in [0.1, 0.15) is 0 Å². The largest absolute Gasteiger partial charge is 0.304 e. The molecule has 0 bridgehead atoms. The van der Waals surface area contributed by atoms with Crippen molar-refractivity contribution < 1.29 is 4.79 Å². The molecular formula is C9H15N5O. The number of rotatable bonds is 2. The maximum Gasteiger partial charge on any atom is 0.268 e. The molecule has 2 N–H and O–H groups in total. The van der Waals surface area contributed by atoms with Crippen LogP contribution in [0.1, 0.15) is 10.4 Å². The first kappa shape index (κ1) is 10.1. The van der Waals surface area contributed by atoms with Crippen LogP contribution in [0.4, 0.5) is 0 Å². The molecule has 1 aliphatic rings. The quantitative estimate of drug-likeness (QED) is 0.676. The van der Waals surface area contributed by atoms with Gasteiger partial charge in [0.15, 0.2) is 0 Å². The molecule has 1 aromatic rings. The molecule has 6 nitrogen and oxygen atoms in total. The van der Waals surface area contributed by atoms with E-state index in [1.165, 1.54) is 6.20 Å². The van der Waals surface area contributed by atoms with Crippen molar-refractivity contribution >= 4 is 5.91 Å². The molecule has 1 aromatic heterocycles. The van der Waals surface area contributed by atoms with Crippen molar-refractivity contribution in [2.75, 3.05) is 33.2 Å². The number of hydrogen-bond acceptors (Lipinski definition) is 4. The predicted molar refractivity (Wildman–Crippen MR) is 55.1 cm³/mol. The van der Waals surface area contributed by atoms with Crippen molar-refractivity contribution in [2.45, 2.75) is 0 Å². The molecule has 0 unspecified atom stereocenters. The van der Waals surface area contributed by atoms with Crippen molar-refractivity contribution in [1.82, 2.24) is 25.5 Å². The summed E-state index contributed by atoms with van der Waals surface area (Å²) in [6.45, 7) is 3.68. The molecule has 2 rings (SSSR count). The zero-order valence-corrected chi connectivity index (χ0v) is 8.73. The maximum absolute atomic E-state index is 11.6. The lowest BCUT2D eigenvalue weighted by Crippen LogP contribution is -2.52. The lowest BCUT2D eigenvalue weighted by atomic mass is 10.3. The number of carbonyl (C=O) groups is 1. The number of nitrogens with one attached hydrogen (secondary N) is 2. The molecule has 82 valence electrons. The number of piperazine rings is 1. The molecule has 15 heavy (non-hydrogen) atoms. The van der Waals surface area contributed by atoms with Crippen LogP contribution < -0.4 is 5.43 Å². The number of H-pyrrole nitrogens is 1. The molecule has 1 fully saturated rings. The smallest absolute Gasteiger partial charge is 0.268 e. The first-order chi connectivity index (χ1) is 7.25. The highest BCUT2D eigenvalue weighted by atomic mass is 16.2. The monoisotopic (exact) mass is 209 g/mol. The third kappa shape index (κ3) is 2.54. The highest BCUT2D eigenvalue weighted by Crippen LogP contribution is 1.98. The number of hydrogen-bond donors (Lipinski definition) is 2. The van der Waals surface area contributed by atoms with Crippen LogP contribution in [0.3, 0.4) is 0 Å². The van der Waals surface area contributed by atoms with Crippen LogP contribution in [0.2, 0.25) is 0 Å². The second kappa shape index (κ2) is 4.41. The Hall–Kier alpha value is -1.40. The van der Waals surface area contributed by atoms with Crippen molar-refractivity contribution in [3.8, 4) is 0 Å². The van der Waals surface area contributed by atoms with Crippen molar-refractivity contribution in [3.05, 3.63) is 18.0 Å². The zero-order valence-electron chi connectivity index (χ0n) is 8.73. The van der Waals surface area contributed by atoms with Crippen molar-refractivity contribution in [1.29, 1.82) is 0 Å². The van der Waals surface area contributed by atoms with Gasteiger partial charge >= 0.3 is 0 Å². The molecule has 1 amide bonds. The minimum atomic E-state index is -0.103. The SMILES string of the molecule is CN1CCN(NC(=O)c2cn[nH]c2)CC1. The molecule has 6 heteroatoms. The van der Waals surface area contributed by atoms with Crippen LogP contribution in [0, 0.1) is 0 Å². The van der Waals surface area contributed by atoms with Crippen LogP contribution in [-0.2, 0) is 0 Å². The average Bonchev–Trinajstić information content (AvgIpc) is 2.74. The van der Waals surface area contributed by atoms with Gasteiger partial charge in [-0.05, 0) is 7.05 Å². The number of nitrogens with zero attached hydrogens (tertiary/aromatic N) is 3. The number of amides is 1. The van der Waals surface area contributed by atoms with Gasteiger partial charge < -0.3 is 4.90 Å². The van der Waals surface area contributed by atoms with E-state index in [-0.39, 0.29) is 5.91 Å². The molecule has 1 aliphatic heterocycles. The van der Waals surface area contributed by atoms with Gasteiger partial charge in [0.05, 0.1) is 11.8 Å². The Kier molecular flexibility index (Phi) is 2.98. The van der Waals surface area contributed by atoms with Gasteiger partial charge in [-0.25, -0.2) is 5.01 Å². The first-order valence-electron chi connectivity index (χ1n) is 4.99. The molecule has 1 saturated heterocycles. The summed E-state index contributed by atoms with van der Waals surface area (Å²) < 4.78 is 0. The molecule has 0 spiro atoms. The van der Waals surface area contributed by atoms with Crippen LogP contribution in [0.15, 0.2) is 12.4 Å². The van der Waals surface area contributed by atoms with Gasteiger partial charge in [-0.1, -0.05) is 0 Å². The standard InChI is InChI=1S/C9H15N5O/c1-13-2-4-14(5-3-13)12-9(15)8-6-10-11-7-8/h6-7H,2-5H2,1H3,(H,10,11)(H,12,15). The summed E-state index contributed by atoms with van der Waals surface area (Å²) in [5.41, 5.74) is 3.41. The Balaban J connectivity index is 1.85. The normalized spacial score (nSPS) is 19.0. The second-order valence-corrected chi connectivity index (χ2v) is 3.72. The van der Waals surface area contributed by atoms with E-state index in [2.05, 4.69) is 27.6 Å². The summed E-state index contributed by atoms with van der Waals surface area (Å²) in [5.74, 6) is -0.103. The van der Waals surface area contributed by atoms with E-state index >= 15 is 0 Å². The molecule has 0 radical (unpaired) electrons. The van der Waals surface area contributed by atoms with Crippen LogP contribution >= 0.6 is 0 Å². The Morgan fingerprint density at radius 3 is 2.80 bits per heavy atom. The predicted octanol–water partition coefficient (Wildman–Crippen LogP) is -0.698. The van der Waals surface area contributed by atoms with Crippen LogP contribution in [-0.4, -0.2) is 59.2 Å². The third-order valence-electron chi connectivity index (χ3n) is 2.52. The van der Waals surface area contributed by atoms with Crippen LogP contribution in [0.5, 0.6) is 0 Å². The van der Waals surface area contributed by atoms with Gasteiger partial charge in [-0.2, -0.15) is 5.10 Å². The maximum atomic E-state index is 11.6. The summed E-state index contributed by atoms with van der Waals surface area (Å²) in [6, 6.07) is 0. The van der Waals surface area contributed by atoms with Gasteiger partial charge in [0.2, 0.25) is 0 Å². The average molecular weight is 209 g/mol. The van der Waals surface area contributed by atoms with E-state index in [1.807, 2.05) is 5.01 Å². The summed E-state index contributed by atoms with van der Waals surface area (Å²) in [7, 11) is 2.08. The Morgan fingerprint density at radius 2 is 2.20 bits per heavy atom. The number of likely N-dealkylation sites (N-methyl/N-ethyl adjacent to an activating group) is 1. The minimum absolute atomic E-state index is 0.103. The van der Waals surface area contributed by atoms with Crippen LogP contribution in [0.25, 0.3) is 0 Å². The summed E-state index contributed by atoms with van der Waals surface area (Å²) >= 11 is 0. The molecule has 0 atom stereocenters. The summed E-state index contributed by atoms with van der Waals surface area (Å²) in [5, 5.41) is 8.29. The summed E-state index contributed by atoms with van der Waals surface area (Å²) in [4.78, 5) is 13.9. The Morgan fingerprint density at radius 1 is 1.47 bits per heavy atom. The lowest BCUT2D eigenvalue weighted by Gasteiger charge is -2.32. The Bertz CT molecular complexity index is 315. The van der Waals surface area contributed by atoms with E-state index in [9.17, 15) is 4.79 Å². The van der Waals surface area contributed by atoms with Crippen molar-refractivity contribution in [3.63, 3.8) is 0 Å². The molecular weight excluding hydrogens is 194 g/mol. The van der Waals surface area contributed by atoms with Crippen molar-refractivity contribution in [2.24, 2.45) is 0 Å². The number of hydrazine groups is 1. The van der Waals surface area contributed by atoms with Gasteiger partial charge in [-0.15, -0.1) is 0 Å². The first-order valence-corrected chi connectivity index (χ1v) is 4.99. The molecule has 0 aliphatic carbocycles. The Labute approximate surface area is 88.2 Å². The second-order valence-electron chi connectivity index (χ2n) is 3.72. The van der Waals surface area contributed by atoms with E-state index in [0.717, 1.165) is 26.2 Å². The molecule has 0 saturated carbocycles. The zero-order chi connectivity index (χ0) is 10.7. The highest BCUT2D eigenvalue weighted by molar-refractivity contribution is 5.93. The van der Waals surface area contributed by atoms with Gasteiger partial charge in [0, 0.05) is 32.4 Å². The van der Waals surface area contributed by atoms with Gasteiger partial charge in [0.25, 0.3) is 5.91 Å². The van der Waals surface area contributed by atoms with E-state index in [1.54, 1.807) is 6.20 Å². The molecule has 2 heterocycles. The fraction of sp³-hybridized carbons (Fsp3) is 0.556. The highest BCUT2D eigenvalue weighted by Gasteiger charge is 2.16. The summed E-state index contributed by atoms with van der Waals surface area (Å²) in [6.07, 6.45) is 3.11. The fourth-order valence-electron chi connectivity index (χ4n) is 1.50. The van der Waals surface area contributed by atoms with E-state index in [0.29, 0.717) is 5.56 Å². The lowest BCUT2D eigenvalue weighted by molar-refractivity contribution is 0.0662. The number of aromatic amines is 1. The number of carbonyl (C=O) groups excluding carboxylic acids is 1. The minimum Gasteiger partial charge on any atom is -0.304 e.